The van der Waals surface area contributed by atoms with Gasteiger partial charge < -0.3 is 10.8 Å². The molecule has 84 valence electrons. The van der Waals surface area contributed by atoms with Gasteiger partial charge in [-0.25, -0.2) is 0 Å². The molecular formula is C7H5N3O6. The highest BCUT2D eigenvalue weighted by Gasteiger charge is 2.34. The first kappa shape index (κ1) is 11.4. The number of rotatable bonds is 3. The number of aromatic hydroxyl groups is 1. The number of primary amides is 1. The van der Waals surface area contributed by atoms with Crippen LogP contribution in [0.5, 0.6) is 5.75 Å². The minimum atomic E-state index is -1.19. The Morgan fingerprint density at radius 3 is 2.06 bits per heavy atom. The summed E-state index contributed by atoms with van der Waals surface area (Å²) in [5.74, 6) is -2.09. The minimum Gasteiger partial charge on any atom is -0.502 e. The van der Waals surface area contributed by atoms with Crippen LogP contribution in [0.2, 0.25) is 0 Å². The van der Waals surface area contributed by atoms with Gasteiger partial charge in [0.2, 0.25) is 5.75 Å². The van der Waals surface area contributed by atoms with Gasteiger partial charge in [0.05, 0.1) is 9.85 Å². The number of nitro groups is 2. The summed E-state index contributed by atoms with van der Waals surface area (Å²) < 4.78 is 0. The van der Waals surface area contributed by atoms with Gasteiger partial charge in [-0.2, -0.15) is 0 Å². The maximum Gasteiger partial charge on any atom is 0.387 e. The quantitative estimate of drug-likeness (QED) is 0.560. The largest absolute Gasteiger partial charge is 0.502 e. The van der Waals surface area contributed by atoms with Crippen molar-refractivity contribution in [2.24, 2.45) is 5.73 Å². The summed E-state index contributed by atoms with van der Waals surface area (Å²) >= 11 is 0. The van der Waals surface area contributed by atoms with E-state index >= 15 is 0 Å². The molecule has 0 radical (unpaired) electrons. The van der Waals surface area contributed by atoms with Crippen molar-refractivity contribution in [3.8, 4) is 5.75 Å². The van der Waals surface area contributed by atoms with Crippen LogP contribution in [0, 0.1) is 20.2 Å². The van der Waals surface area contributed by atoms with Crippen LogP contribution in [0.15, 0.2) is 12.1 Å². The molecule has 0 saturated carbocycles. The Hall–Kier alpha value is -2.71. The van der Waals surface area contributed by atoms with E-state index in [4.69, 9.17) is 10.8 Å². The van der Waals surface area contributed by atoms with Crippen molar-refractivity contribution >= 4 is 17.3 Å². The van der Waals surface area contributed by atoms with E-state index in [1.54, 1.807) is 0 Å². The third-order valence-electron chi connectivity index (χ3n) is 1.76. The zero-order valence-electron chi connectivity index (χ0n) is 7.61. The highest BCUT2D eigenvalue weighted by atomic mass is 16.6. The number of benzene rings is 1. The molecule has 0 saturated heterocycles. The van der Waals surface area contributed by atoms with Gasteiger partial charge in [-0.05, 0) is 12.1 Å². The van der Waals surface area contributed by atoms with Crippen LogP contribution in [-0.4, -0.2) is 20.9 Å². The summed E-state index contributed by atoms with van der Waals surface area (Å²) in [6.07, 6.45) is 0. The zero-order chi connectivity index (χ0) is 12.5. The predicted octanol–water partition coefficient (Wildman–Crippen LogP) is 0.307. The number of phenolic OH excluding ortho intramolecular Hbond substituents is 1. The van der Waals surface area contributed by atoms with Gasteiger partial charge in [0.1, 0.15) is 5.56 Å². The van der Waals surface area contributed by atoms with E-state index < -0.39 is 38.4 Å². The van der Waals surface area contributed by atoms with Crippen LogP contribution in [0.25, 0.3) is 0 Å². The van der Waals surface area contributed by atoms with Crippen LogP contribution in [0.1, 0.15) is 10.4 Å². The van der Waals surface area contributed by atoms with Gasteiger partial charge in [0, 0.05) is 0 Å². The molecule has 1 aromatic rings. The lowest BCUT2D eigenvalue weighted by Crippen LogP contribution is -2.14. The fourth-order valence-corrected chi connectivity index (χ4v) is 1.13. The number of carbonyl (C=O) groups excluding carboxylic acids is 1. The van der Waals surface area contributed by atoms with E-state index in [1.807, 2.05) is 0 Å². The lowest BCUT2D eigenvalue weighted by molar-refractivity contribution is -0.423. The van der Waals surface area contributed by atoms with Crippen LogP contribution in [0.3, 0.4) is 0 Å². The van der Waals surface area contributed by atoms with Crippen molar-refractivity contribution in [1.82, 2.24) is 0 Å². The van der Waals surface area contributed by atoms with Crippen LogP contribution < -0.4 is 5.73 Å². The van der Waals surface area contributed by atoms with Gasteiger partial charge >= 0.3 is 11.4 Å². The van der Waals surface area contributed by atoms with E-state index in [1.165, 1.54) is 0 Å². The molecule has 0 aliphatic rings. The molecule has 0 aliphatic carbocycles. The fraction of sp³-hybridized carbons (Fsp3) is 0. The topological polar surface area (TPSA) is 150 Å². The molecule has 0 unspecified atom stereocenters. The Morgan fingerprint density at radius 1 is 1.19 bits per heavy atom. The first-order chi connectivity index (χ1) is 7.36. The average Bonchev–Trinajstić information content (AvgIpc) is 2.15. The van der Waals surface area contributed by atoms with Crippen LogP contribution >= 0.6 is 0 Å². The fourth-order valence-electron chi connectivity index (χ4n) is 1.13. The smallest absolute Gasteiger partial charge is 0.387 e. The minimum absolute atomic E-state index is 0.630. The molecule has 1 rings (SSSR count). The number of hydrogen-bond acceptors (Lipinski definition) is 6. The Labute approximate surface area is 87.4 Å². The van der Waals surface area contributed by atoms with Crippen molar-refractivity contribution < 1.29 is 19.7 Å². The molecule has 0 aromatic heterocycles. The first-order valence-corrected chi connectivity index (χ1v) is 3.80. The van der Waals surface area contributed by atoms with E-state index in [-0.39, 0.29) is 0 Å². The molecule has 9 heteroatoms. The Kier molecular flexibility index (Phi) is 2.70. The third kappa shape index (κ3) is 1.73. The summed E-state index contributed by atoms with van der Waals surface area (Å²) in [5.41, 5.74) is 1.93. The van der Waals surface area contributed by atoms with Gasteiger partial charge in [-0.15, -0.1) is 0 Å². The second kappa shape index (κ2) is 3.81. The van der Waals surface area contributed by atoms with Crippen molar-refractivity contribution in [2.45, 2.75) is 0 Å². The van der Waals surface area contributed by atoms with E-state index in [0.29, 0.717) is 0 Å². The molecule has 0 spiro atoms. The van der Waals surface area contributed by atoms with Gasteiger partial charge in [-0.1, -0.05) is 0 Å². The third-order valence-corrected chi connectivity index (χ3v) is 1.76. The molecule has 1 aromatic carbocycles. The summed E-state index contributed by atoms with van der Waals surface area (Å²) in [4.78, 5) is 29.6. The highest BCUT2D eigenvalue weighted by molar-refractivity contribution is 5.99. The summed E-state index contributed by atoms with van der Waals surface area (Å²) in [7, 11) is 0. The van der Waals surface area contributed by atoms with E-state index in [9.17, 15) is 25.0 Å². The molecule has 16 heavy (non-hydrogen) atoms. The van der Waals surface area contributed by atoms with Gasteiger partial charge in [0.25, 0.3) is 5.91 Å². The van der Waals surface area contributed by atoms with E-state index in [2.05, 4.69) is 0 Å². The first-order valence-electron chi connectivity index (χ1n) is 3.80. The summed E-state index contributed by atoms with van der Waals surface area (Å²) in [5, 5.41) is 30.2. The molecule has 3 N–H and O–H groups in total. The Morgan fingerprint density at radius 2 is 1.69 bits per heavy atom. The van der Waals surface area contributed by atoms with Gasteiger partial charge in [-0.3, -0.25) is 25.0 Å². The molecule has 9 nitrogen and oxygen atoms in total. The summed E-state index contributed by atoms with van der Waals surface area (Å²) in [6.45, 7) is 0. The number of nitrogens with two attached hydrogens (primary N) is 1. The molecule has 0 bridgehead atoms. The van der Waals surface area contributed by atoms with Crippen molar-refractivity contribution in [3.63, 3.8) is 0 Å². The van der Waals surface area contributed by atoms with Crippen molar-refractivity contribution in [2.75, 3.05) is 0 Å². The van der Waals surface area contributed by atoms with Gasteiger partial charge in [0.15, 0.2) is 0 Å². The molecular weight excluding hydrogens is 222 g/mol. The zero-order valence-corrected chi connectivity index (χ0v) is 7.61. The normalized spacial score (nSPS) is 9.75. The summed E-state index contributed by atoms with van der Waals surface area (Å²) in [6, 6.07) is 1.65. The number of carbonyl (C=O) groups is 1. The maximum absolute atomic E-state index is 10.8. The van der Waals surface area contributed by atoms with Crippen molar-refractivity contribution in [1.29, 1.82) is 0 Å². The number of amides is 1. The second-order valence-corrected chi connectivity index (χ2v) is 2.71. The molecule has 0 fully saturated rings. The number of phenols is 1. The Balaban J connectivity index is 3.70. The highest BCUT2D eigenvalue weighted by Crippen LogP contribution is 2.37. The molecule has 0 atom stereocenters. The molecule has 0 heterocycles. The van der Waals surface area contributed by atoms with Crippen LogP contribution in [0.4, 0.5) is 11.4 Å². The molecule has 0 aliphatic heterocycles. The van der Waals surface area contributed by atoms with E-state index in [0.717, 1.165) is 12.1 Å². The lowest BCUT2D eigenvalue weighted by Gasteiger charge is -2.01. The lowest BCUT2D eigenvalue weighted by atomic mass is 10.1. The number of nitrogens with zero attached hydrogens (tertiary/aromatic N) is 2. The standard InChI is InChI=1S/C7H5N3O6/c8-7(12)3-1-2-4(11)6(10(15)16)5(3)9(13)14/h1-2,11H,(H2,8,12). The Bertz CT molecular complexity index is 497. The number of nitro benzene ring substituents is 2. The maximum atomic E-state index is 10.8. The van der Waals surface area contributed by atoms with Crippen LogP contribution in [-0.2, 0) is 0 Å². The molecule has 1 amide bonds. The van der Waals surface area contributed by atoms with Crippen molar-refractivity contribution in [3.05, 3.63) is 37.9 Å². The number of hydrogen-bond donors (Lipinski definition) is 2. The predicted molar refractivity (Wildman–Crippen MR) is 49.9 cm³/mol. The monoisotopic (exact) mass is 227 g/mol. The SMILES string of the molecule is NC(=O)c1ccc(O)c([N+](=O)[O-])c1[N+](=O)[O-]. The average molecular weight is 227 g/mol. The second-order valence-electron chi connectivity index (χ2n) is 2.71.